The highest BCUT2D eigenvalue weighted by atomic mass is 32.1. The Balaban J connectivity index is 1.70. The first kappa shape index (κ1) is 19.0. The SMILES string of the molecule is COC(=O)c1c(NC(=O)C(=O)NCc2cccc(F)c2)sc2c1CCCC2. The van der Waals surface area contributed by atoms with E-state index < -0.39 is 23.6 Å². The summed E-state index contributed by atoms with van der Waals surface area (Å²) < 4.78 is 18.0. The molecule has 0 saturated carbocycles. The lowest BCUT2D eigenvalue weighted by Crippen LogP contribution is -2.35. The van der Waals surface area contributed by atoms with Crippen LogP contribution in [0.15, 0.2) is 24.3 Å². The normalized spacial score (nSPS) is 12.8. The minimum absolute atomic E-state index is 0.0226. The number of nitrogens with one attached hydrogen (secondary N) is 2. The summed E-state index contributed by atoms with van der Waals surface area (Å²) in [6.45, 7) is 0.0226. The van der Waals surface area contributed by atoms with Crippen LogP contribution in [0.4, 0.5) is 9.39 Å². The number of ether oxygens (including phenoxy) is 1. The molecule has 1 aromatic heterocycles. The average Bonchev–Trinajstić information content (AvgIpc) is 3.03. The van der Waals surface area contributed by atoms with Gasteiger partial charge in [-0.3, -0.25) is 9.59 Å². The Bertz CT molecular complexity index is 894. The smallest absolute Gasteiger partial charge is 0.341 e. The van der Waals surface area contributed by atoms with Crippen LogP contribution in [0.3, 0.4) is 0 Å². The second-order valence-corrected chi connectivity index (χ2v) is 7.28. The number of thiophene rings is 1. The highest BCUT2D eigenvalue weighted by molar-refractivity contribution is 7.17. The van der Waals surface area contributed by atoms with E-state index in [4.69, 9.17) is 4.74 Å². The number of carbonyl (C=O) groups is 3. The van der Waals surface area contributed by atoms with Gasteiger partial charge in [0.25, 0.3) is 0 Å². The Kier molecular flexibility index (Phi) is 5.85. The number of aryl methyl sites for hydroxylation is 1. The van der Waals surface area contributed by atoms with E-state index in [1.165, 1.54) is 36.6 Å². The molecule has 142 valence electrons. The van der Waals surface area contributed by atoms with Crippen molar-refractivity contribution in [3.63, 3.8) is 0 Å². The fraction of sp³-hybridized carbons (Fsp3) is 0.316. The number of carbonyl (C=O) groups excluding carboxylic acids is 3. The van der Waals surface area contributed by atoms with Gasteiger partial charge in [-0.25, -0.2) is 9.18 Å². The van der Waals surface area contributed by atoms with Gasteiger partial charge in [0.15, 0.2) is 0 Å². The molecular formula is C19H19FN2O4S. The van der Waals surface area contributed by atoms with Crippen molar-refractivity contribution in [2.75, 3.05) is 12.4 Å². The van der Waals surface area contributed by atoms with Crippen molar-refractivity contribution in [3.05, 3.63) is 51.7 Å². The maximum absolute atomic E-state index is 13.2. The van der Waals surface area contributed by atoms with Crippen LogP contribution < -0.4 is 10.6 Å². The van der Waals surface area contributed by atoms with E-state index in [-0.39, 0.29) is 6.54 Å². The number of rotatable bonds is 4. The monoisotopic (exact) mass is 390 g/mol. The number of esters is 1. The maximum atomic E-state index is 13.2. The van der Waals surface area contributed by atoms with Gasteiger partial charge >= 0.3 is 17.8 Å². The third-order valence-electron chi connectivity index (χ3n) is 4.34. The third kappa shape index (κ3) is 4.33. The largest absolute Gasteiger partial charge is 0.465 e. The summed E-state index contributed by atoms with van der Waals surface area (Å²) in [5.74, 6) is -2.68. The molecule has 1 aliphatic carbocycles. The molecule has 0 spiro atoms. The Morgan fingerprint density at radius 3 is 2.70 bits per heavy atom. The molecule has 0 radical (unpaired) electrons. The van der Waals surface area contributed by atoms with E-state index in [0.29, 0.717) is 16.1 Å². The molecule has 0 fully saturated rings. The summed E-state index contributed by atoms with van der Waals surface area (Å²) in [4.78, 5) is 37.5. The Morgan fingerprint density at radius 2 is 1.96 bits per heavy atom. The molecule has 0 aliphatic heterocycles. The zero-order valence-electron chi connectivity index (χ0n) is 14.8. The fourth-order valence-corrected chi connectivity index (χ4v) is 4.31. The quantitative estimate of drug-likeness (QED) is 0.621. The molecule has 8 heteroatoms. The highest BCUT2D eigenvalue weighted by Gasteiger charge is 2.28. The molecular weight excluding hydrogens is 371 g/mol. The lowest BCUT2D eigenvalue weighted by atomic mass is 9.95. The van der Waals surface area contributed by atoms with Gasteiger partial charge in [-0.1, -0.05) is 12.1 Å². The first-order valence-electron chi connectivity index (χ1n) is 8.56. The predicted octanol–water partition coefficient (Wildman–Crippen LogP) is 2.81. The molecule has 0 unspecified atom stereocenters. The third-order valence-corrected chi connectivity index (χ3v) is 5.54. The van der Waals surface area contributed by atoms with Crippen molar-refractivity contribution in [1.29, 1.82) is 0 Å². The lowest BCUT2D eigenvalue weighted by molar-refractivity contribution is -0.136. The number of hydrogen-bond acceptors (Lipinski definition) is 5. The second kappa shape index (κ2) is 8.30. The van der Waals surface area contributed by atoms with E-state index in [9.17, 15) is 18.8 Å². The summed E-state index contributed by atoms with van der Waals surface area (Å²) in [6, 6.07) is 5.74. The van der Waals surface area contributed by atoms with Crippen LogP contribution in [0.25, 0.3) is 0 Å². The number of anilines is 1. The number of halogens is 1. The molecule has 1 aromatic carbocycles. The minimum Gasteiger partial charge on any atom is -0.465 e. The molecule has 2 aromatic rings. The van der Waals surface area contributed by atoms with Crippen molar-refractivity contribution in [3.8, 4) is 0 Å². The first-order chi connectivity index (χ1) is 13.0. The Labute approximate surface area is 159 Å². The van der Waals surface area contributed by atoms with Gasteiger partial charge in [-0.2, -0.15) is 0 Å². The summed E-state index contributed by atoms with van der Waals surface area (Å²) >= 11 is 1.31. The van der Waals surface area contributed by atoms with Gasteiger partial charge in [0.1, 0.15) is 10.8 Å². The van der Waals surface area contributed by atoms with Gasteiger partial charge in [-0.05, 0) is 48.9 Å². The van der Waals surface area contributed by atoms with Crippen molar-refractivity contribution in [2.24, 2.45) is 0 Å². The lowest BCUT2D eigenvalue weighted by Gasteiger charge is -2.11. The molecule has 1 heterocycles. The summed E-state index contributed by atoms with van der Waals surface area (Å²) in [7, 11) is 1.28. The van der Waals surface area contributed by atoms with Gasteiger partial charge in [0.05, 0.1) is 12.7 Å². The number of benzene rings is 1. The van der Waals surface area contributed by atoms with Gasteiger partial charge in [0.2, 0.25) is 0 Å². The van der Waals surface area contributed by atoms with E-state index >= 15 is 0 Å². The molecule has 2 N–H and O–H groups in total. The standard InChI is InChI=1S/C19H19FN2O4S/c1-26-19(25)15-13-7-2-3-8-14(13)27-18(15)22-17(24)16(23)21-10-11-5-4-6-12(20)9-11/h4-6,9H,2-3,7-8,10H2,1H3,(H,21,23)(H,22,24). The highest BCUT2D eigenvalue weighted by Crippen LogP contribution is 2.38. The zero-order chi connectivity index (χ0) is 19.4. The molecule has 0 saturated heterocycles. The molecule has 2 amide bonds. The van der Waals surface area contributed by atoms with Gasteiger partial charge < -0.3 is 15.4 Å². The van der Waals surface area contributed by atoms with E-state index in [2.05, 4.69) is 10.6 Å². The summed E-state index contributed by atoms with van der Waals surface area (Å²) in [6.07, 6.45) is 3.58. The van der Waals surface area contributed by atoms with Crippen molar-refractivity contribution in [1.82, 2.24) is 5.32 Å². The van der Waals surface area contributed by atoms with Crippen molar-refractivity contribution >= 4 is 34.1 Å². The van der Waals surface area contributed by atoms with Crippen LogP contribution in [0.5, 0.6) is 0 Å². The van der Waals surface area contributed by atoms with Crippen LogP contribution >= 0.6 is 11.3 Å². The number of hydrogen-bond donors (Lipinski definition) is 2. The molecule has 27 heavy (non-hydrogen) atoms. The maximum Gasteiger partial charge on any atom is 0.341 e. The predicted molar refractivity (Wildman–Crippen MR) is 99.2 cm³/mol. The molecule has 0 bridgehead atoms. The molecule has 6 nitrogen and oxygen atoms in total. The number of amides is 2. The van der Waals surface area contributed by atoms with E-state index in [1.807, 2.05) is 0 Å². The first-order valence-corrected chi connectivity index (χ1v) is 9.37. The summed E-state index contributed by atoms with van der Waals surface area (Å²) in [5.41, 5.74) is 1.77. The van der Waals surface area contributed by atoms with E-state index in [0.717, 1.165) is 36.1 Å². The van der Waals surface area contributed by atoms with Crippen molar-refractivity contribution in [2.45, 2.75) is 32.2 Å². The Morgan fingerprint density at radius 1 is 1.19 bits per heavy atom. The van der Waals surface area contributed by atoms with Gasteiger partial charge in [-0.15, -0.1) is 11.3 Å². The Hall–Kier alpha value is -2.74. The topological polar surface area (TPSA) is 84.5 Å². The molecule has 0 atom stereocenters. The number of methoxy groups -OCH3 is 1. The summed E-state index contributed by atoms with van der Waals surface area (Å²) in [5, 5.41) is 5.30. The fourth-order valence-electron chi connectivity index (χ4n) is 3.04. The average molecular weight is 390 g/mol. The van der Waals surface area contributed by atoms with Gasteiger partial charge in [0, 0.05) is 11.4 Å². The second-order valence-electron chi connectivity index (χ2n) is 6.17. The number of fused-ring (bicyclic) bond motifs is 1. The van der Waals surface area contributed by atoms with Crippen LogP contribution in [0.2, 0.25) is 0 Å². The van der Waals surface area contributed by atoms with Crippen LogP contribution in [0.1, 0.15) is 39.2 Å². The van der Waals surface area contributed by atoms with Crippen LogP contribution in [-0.2, 0) is 33.7 Å². The minimum atomic E-state index is -0.879. The zero-order valence-corrected chi connectivity index (χ0v) is 15.6. The molecule has 1 aliphatic rings. The van der Waals surface area contributed by atoms with Crippen molar-refractivity contribution < 1.29 is 23.5 Å². The van der Waals surface area contributed by atoms with Crippen LogP contribution in [-0.4, -0.2) is 24.9 Å². The van der Waals surface area contributed by atoms with E-state index in [1.54, 1.807) is 6.07 Å². The molecule has 3 rings (SSSR count). The van der Waals surface area contributed by atoms with Crippen LogP contribution in [0, 0.1) is 5.82 Å².